The molecule has 1 unspecified atom stereocenters. The van der Waals surface area contributed by atoms with Gasteiger partial charge in [-0.3, -0.25) is 4.90 Å². The molecule has 2 heterocycles. The van der Waals surface area contributed by atoms with Crippen LogP contribution in [-0.4, -0.2) is 61.2 Å². The molecule has 1 N–H and O–H groups in total. The molecule has 2 aliphatic heterocycles. The topological polar surface area (TPSA) is 18.5 Å². The predicted octanol–water partition coefficient (Wildman–Crippen LogP) is 1.93. The van der Waals surface area contributed by atoms with E-state index >= 15 is 0 Å². The lowest BCUT2D eigenvalue weighted by atomic mass is 10.1. The van der Waals surface area contributed by atoms with Crippen molar-refractivity contribution in [2.24, 2.45) is 0 Å². The van der Waals surface area contributed by atoms with Gasteiger partial charge in [0, 0.05) is 18.6 Å². The minimum Gasteiger partial charge on any atom is -0.314 e. The van der Waals surface area contributed by atoms with E-state index in [9.17, 15) is 0 Å². The molecule has 2 fully saturated rings. The Balaban J connectivity index is 1.59. The van der Waals surface area contributed by atoms with Gasteiger partial charge < -0.3 is 10.2 Å². The summed E-state index contributed by atoms with van der Waals surface area (Å²) in [5.74, 6) is 0. The van der Waals surface area contributed by atoms with Crippen molar-refractivity contribution in [3.05, 3.63) is 0 Å². The van der Waals surface area contributed by atoms with Crippen LogP contribution < -0.4 is 5.32 Å². The normalized spacial score (nSPS) is 27.2. The Hall–Kier alpha value is -0.120. The molecule has 18 heavy (non-hydrogen) atoms. The Bertz CT molecular complexity index is 224. The zero-order valence-electron chi connectivity index (χ0n) is 12.3. The van der Waals surface area contributed by atoms with Crippen molar-refractivity contribution in [2.45, 2.75) is 58.0 Å². The first-order valence-electron chi connectivity index (χ1n) is 7.95. The molecule has 2 saturated heterocycles. The minimum absolute atomic E-state index is 0.629. The zero-order chi connectivity index (χ0) is 12.8. The Kier molecular flexibility index (Phi) is 5.93. The minimum atomic E-state index is 0.629. The molecule has 2 aliphatic rings. The molecule has 0 saturated carbocycles. The second-order valence-corrected chi connectivity index (χ2v) is 6.30. The number of hydrogen-bond donors (Lipinski definition) is 1. The number of likely N-dealkylation sites (tertiary alicyclic amines) is 2. The van der Waals surface area contributed by atoms with Gasteiger partial charge in [-0.2, -0.15) is 0 Å². The fourth-order valence-electron chi connectivity index (χ4n) is 3.29. The molecule has 0 bridgehead atoms. The van der Waals surface area contributed by atoms with Gasteiger partial charge in [0.05, 0.1) is 0 Å². The van der Waals surface area contributed by atoms with Crippen LogP contribution in [0.4, 0.5) is 0 Å². The second kappa shape index (κ2) is 7.46. The van der Waals surface area contributed by atoms with E-state index in [0.717, 1.165) is 6.04 Å². The van der Waals surface area contributed by atoms with E-state index < -0.39 is 0 Å². The predicted molar refractivity (Wildman–Crippen MR) is 78.0 cm³/mol. The van der Waals surface area contributed by atoms with Crippen molar-refractivity contribution in [1.29, 1.82) is 0 Å². The van der Waals surface area contributed by atoms with Crippen LogP contribution in [0.25, 0.3) is 0 Å². The number of nitrogens with one attached hydrogen (secondary N) is 1. The Morgan fingerprint density at radius 1 is 1.11 bits per heavy atom. The SMILES string of the molecule is CC(C)NCCCN1CCC(N2CCCCC2)C1. The summed E-state index contributed by atoms with van der Waals surface area (Å²) in [5, 5.41) is 3.51. The van der Waals surface area contributed by atoms with Gasteiger partial charge in [0.25, 0.3) is 0 Å². The first-order valence-corrected chi connectivity index (χ1v) is 7.95. The summed E-state index contributed by atoms with van der Waals surface area (Å²) in [7, 11) is 0. The molecule has 0 aromatic carbocycles. The molecule has 1 atom stereocenters. The van der Waals surface area contributed by atoms with Crippen molar-refractivity contribution >= 4 is 0 Å². The van der Waals surface area contributed by atoms with Crippen LogP contribution in [-0.2, 0) is 0 Å². The van der Waals surface area contributed by atoms with Gasteiger partial charge in [-0.25, -0.2) is 0 Å². The molecule has 3 heteroatoms. The maximum absolute atomic E-state index is 3.51. The van der Waals surface area contributed by atoms with Crippen LogP contribution in [0.2, 0.25) is 0 Å². The molecule has 0 aromatic rings. The zero-order valence-corrected chi connectivity index (χ0v) is 12.3. The first kappa shape index (κ1) is 14.3. The number of rotatable bonds is 6. The largest absolute Gasteiger partial charge is 0.314 e. The lowest BCUT2D eigenvalue weighted by molar-refractivity contribution is 0.162. The third-order valence-corrected chi connectivity index (χ3v) is 4.36. The number of hydrogen-bond acceptors (Lipinski definition) is 3. The van der Waals surface area contributed by atoms with Crippen LogP contribution in [0.5, 0.6) is 0 Å². The summed E-state index contributed by atoms with van der Waals surface area (Å²) in [6, 6.07) is 1.49. The molecule has 2 rings (SSSR count). The lowest BCUT2D eigenvalue weighted by Gasteiger charge is -2.32. The molecule has 0 aliphatic carbocycles. The lowest BCUT2D eigenvalue weighted by Crippen LogP contribution is -2.41. The van der Waals surface area contributed by atoms with Crippen LogP contribution in [0.15, 0.2) is 0 Å². The van der Waals surface area contributed by atoms with Crippen molar-refractivity contribution in [3.63, 3.8) is 0 Å². The average molecular weight is 253 g/mol. The fraction of sp³-hybridized carbons (Fsp3) is 1.00. The number of piperidine rings is 1. The van der Waals surface area contributed by atoms with Gasteiger partial charge in [0.1, 0.15) is 0 Å². The summed E-state index contributed by atoms with van der Waals surface area (Å²) in [4.78, 5) is 5.41. The third kappa shape index (κ3) is 4.52. The van der Waals surface area contributed by atoms with Crippen LogP contribution in [0.3, 0.4) is 0 Å². The monoisotopic (exact) mass is 253 g/mol. The van der Waals surface area contributed by atoms with Crippen molar-refractivity contribution < 1.29 is 0 Å². The van der Waals surface area contributed by atoms with E-state index in [1.54, 1.807) is 0 Å². The smallest absolute Gasteiger partial charge is 0.0235 e. The van der Waals surface area contributed by atoms with E-state index in [2.05, 4.69) is 29.0 Å². The maximum atomic E-state index is 3.51. The summed E-state index contributed by atoms with van der Waals surface area (Å²) in [6.07, 6.45) is 7.00. The molecular weight excluding hydrogens is 222 g/mol. The highest BCUT2D eigenvalue weighted by atomic mass is 15.3. The first-order chi connectivity index (χ1) is 8.75. The summed E-state index contributed by atoms with van der Waals surface area (Å²) >= 11 is 0. The molecular formula is C15H31N3. The van der Waals surface area contributed by atoms with Gasteiger partial charge >= 0.3 is 0 Å². The van der Waals surface area contributed by atoms with Crippen molar-refractivity contribution in [2.75, 3.05) is 39.3 Å². The fourth-order valence-corrected chi connectivity index (χ4v) is 3.29. The van der Waals surface area contributed by atoms with Gasteiger partial charge in [0.15, 0.2) is 0 Å². The van der Waals surface area contributed by atoms with Gasteiger partial charge in [-0.1, -0.05) is 20.3 Å². The van der Waals surface area contributed by atoms with Crippen LogP contribution >= 0.6 is 0 Å². The third-order valence-electron chi connectivity index (χ3n) is 4.36. The van der Waals surface area contributed by atoms with Gasteiger partial charge in [-0.15, -0.1) is 0 Å². The maximum Gasteiger partial charge on any atom is 0.0235 e. The quantitative estimate of drug-likeness (QED) is 0.730. The van der Waals surface area contributed by atoms with Crippen molar-refractivity contribution in [1.82, 2.24) is 15.1 Å². The van der Waals surface area contributed by atoms with Gasteiger partial charge in [-0.05, 0) is 58.4 Å². The highest BCUT2D eigenvalue weighted by molar-refractivity contribution is 4.84. The molecule has 0 aromatic heterocycles. The summed E-state index contributed by atoms with van der Waals surface area (Å²) in [5.41, 5.74) is 0. The van der Waals surface area contributed by atoms with Crippen LogP contribution in [0, 0.1) is 0 Å². The summed E-state index contributed by atoms with van der Waals surface area (Å²) < 4.78 is 0. The van der Waals surface area contributed by atoms with Crippen molar-refractivity contribution in [3.8, 4) is 0 Å². The summed E-state index contributed by atoms with van der Waals surface area (Å²) in [6.45, 7) is 12.3. The average Bonchev–Trinajstić information content (AvgIpc) is 2.84. The van der Waals surface area contributed by atoms with E-state index in [1.165, 1.54) is 71.4 Å². The Morgan fingerprint density at radius 2 is 1.89 bits per heavy atom. The second-order valence-electron chi connectivity index (χ2n) is 6.30. The molecule has 106 valence electrons. The van der Waals surface area contributed by atoms with E-state index in [-0.39, 0.29) is 0 Å². The van der Waals surface area contributed by atoms with E-state index in [0.29, 0.717) is 6.04 Å². The standard InChI is InChI=1S/C15H31N3/c1-14(2)16-8-6-9-17-12-7-15(13-17)18-10-4-3-5-11-18/h14-16H,3-13H2,1-2H3. The Labute approximate surface area is 113 Å². The highest BCUT2D eigenvalue weighted by Crippen LogP contribution is 2.20. The molecule has 3 nitrogen and oxygen atoms in total. The highest BCUT2D eigenvalue weighted by Gasteiger charge is 2.27. The molecule has 0 radical (unpaired) electrons. The van der Waals surface area contributed by atoms with Crippen LogP contribution in [0.1, 0.15) is 46.0 Å². The number of nitrogens with zero attached hydrogens (tertiary/aromatic N) is 2. The molecule has 0 spiro atoms. The van der Waals surface area contributed by atoms with E-state index in [4.69, 9.17) is 0 Å². The Morgan fingerprint density at radius 3 is 2.61 bits per heavy atom. The molecule has 0 amide bonds. The van der Waals surface area contributed by atoms with Gasteiger partial charge in [0.2, 0.25) is 0 Å². The van der Waals surface area contributed by atoms with E-state index in [1.807, 2.05) is 0 Å².